The van der Waals surface area contributed by atoms with Gasteiger partial charge in [-0.15, -0.1) is 11.8 Å². The summed E-state index contributed by atoms with van der Waals surface area (Å²) in [5.41, 5.74) is 1.76. The van der Waals surface area contributed by atoms with Crippen LogP contribution in [0.25, 0.3) is 0 Å². The van der Waals surface area contributed by atoms with Gasteiger partial charge in [-0.2, -0.15) is 0 Å². The van der Waals surface area contributed by atoms with Crippen molar-refractivity contribution in [2.24, 2.45) is 0 Å². The number of benzene rings is 1. The molecule has 0 atom stereocenters. The zero-order chi connectivity index (χ0) is 15.7. The van der Waals surface area contributed by atoms with Crippen LogP contribution in [0.3, 0.4) is 0 Å². The van der Waals surface area contributed by atoms with Crippen molar-refractivity contribution in [3.05, 3.63) is 33.9 Å². The molecule has 0 saturated heterocycles. The molecule has 0 amide bonds. The number of anilines is 1. The molecule has 1 aromatic carbocycles. The van der Waals surface area contributed by atoms with Gasteiger partial charge in [0.05, 0.1) is 17.3 Å². The number of thioether (sulfide) groups is 1. The molecule has 6 nitrogen and oxygen atoms in total. The van der Waals surface area contributed by atoms with Gasteiger partial charge in [-0.3, -0.25) is 14.9 Å². The van der Waals surface area contributed by atoms with E-state index in [9.17, 15) is 14.9 Å². The average Bonchev–Trinajstić information content (AvgIpc) is 2.46. The molecule has 0 unspecified atom stereocenters. The summed E-state index contributed by atoms with van der Waals surface area (Å²) >= 11 is 1.39. The zero-order valence-corrected chi connectivity index (χ0v) is 13.1. The molecule has 0 fully saturated rings. The van der Waals surface area contributed by atoms with Crippen molar-refractivity contribution in [3.8, 4) is 0 Å². The summed E-state index contributed by atoms with van der Waals surface area (Å²) in [5, 5.41) is 14.1. The first-order valence-electron chi connectivity index (χ1n) is 6.83. The largest absolute Gasteiger partial charge is 0.465 e. The second kappa shape index (κ2) is 9.23. The fraction of sp³-hybridized carbons (Fsp3) is 0.500. The Bertz CT molecular complexity index is 494. The number of carbonyl (C=O) groups excluding carboxylic acids is 1. The van der Waals surface area contributed by atoms with Gasteiger partial charge in [0.1, 0.15) is 0 Å². The molecule has 0 radical (unpaired) electrons. The van der Waals surface area contributed by atoms with E-state index in [0.29, 0.717) is 12.4 Å². The zero-order valence-electron chi connectivity index (χ0n) is 12.3. The third kappa shape index (κ3) is 6.03. The van der Waals surface area contributed by atoms with Crippen LogP contribution in [0.15, 0.2) is 18.2 Å². The average molecular weight is 312 g/mol. The Labute approximate surface area is 128 Å². The molecule has 0 spiro atoms. The predicted octanol–water partition coefficient (Wildman–Crippen LogP) is 3.21. The first-order chi connectivity index (χ1) is 10.1. The lowest BCUT2D eigenvalue weighted by Gasteiger charge is -2.11. The number of hydrogen-bond donors (Lipinski definition) is 1. The maximum absolute atomic E-state index is 11.3. The molecule has 0 aliphatic rings. The maximum atomic E-state index is 11.3. The van der Waals surface area contributed by atoms with Crippen molar-refractivity contribution in [2.45, 2.75) is 26.0 Å². The number of nitrogens with one attached hydrogen (secondary N) is 1. The number of nitro groups is 1. The Balaban J connectivity index is 2.73. The van der Waals surface area contributed by atoms with Crippen LogP contribution in [0.1, 0.15) is 25.8 Å². The van der Waals surface area contributed by atoms with Crippen LogP contribution in [0, 0.1) is 10.1 Å². The molecule has 21 heavy (non-hydrogen) atoms. The molecule has 1 N–H and O–H groups in total. The Morgan fingerprint density at radius 2 is 2.19 bits per heavy atom. The highest BCUT2D eigenvalue weighted by molar-refractivity contribution is 7.99. The Morgan fingerprint density at radius 1 is 1.43 bits per heavy atom. The van der Waals surface area contributed by atoms with Gasteiger partial charge in [-0.25, -0.2) is 0 Å². The fourth-order valence-corrected chi connectivity index (χ4v) is 2.50. The van der Waals surface area contributed by atoms with E-state index >= 15 is 0 Å². The van der Waals surface area contributed by atoms with Crippen LogP contribution in [-0.2, 0) is 15.3 Å². The number of rotatable bonds is 9. The first-order valence-corrected chi connectivity index (χ1v) is 7.98. The van der Waals surface area contributed by atoms with Crippen molar-refractivity contribution in [1.82, 2.24) is 0 Å². The molecule has 0 aromatic heterocycles. The van der Waals surface area contributed by atoms with Gasteiger partial charge in [-0.1, -0.05) is 6.92 Å². The SMILES string of the molecule is CCCNc1ccc([N+](=O)[O-])cc1CSCC(=O)OCC. The topological polar surface area (TPSA) is 81.5 Å². The smallest absolute Gasteiger partial charge is 0.315 e. The molecule has 0 aliphatic heterocycles. The predicted molar refractivity (Wildman–Crippen MR) is 84.7 cm³/mol. The lowest BCUT2D eigenvalue weighted by atomic mass is 10.1. The minimum absolute atomic E-state index is 0.0591. The molecule has 116 valence electrons. The van der Waals surface area contributed by atoms with Crippen LogP contribution in [0.2, 0.25) is 0 Å². The first kappa shape index (κ1) is 17.3. The molecule has 1 rings (SSSR count). The van der Waals surface area contributed by atoms with E-state index in [1.807, 2.05) is 6.92 Å². The minimum Gasteiger partial charge on any atom is -0.465 e. The summed E-state index contributed by atoms with van der Waals surface area (Å²) in [5.74, 6) is 0.493. The van der Waals surface area contributed by atoms with Crippen LogP contribution in [0.4, 0.5) is 11.4 Å². The normalized spacial score (nSPS) is 10.2. The van der Waals surface area contributed by atoms with Crippen LogP contribution in [-0.4, -0.2) is 29.8 Å². The number of esters is 1. The van der Waals surface area contributed by atoms with Gasteiger partial charge in [0.2, 0.25) is 0 Å². The van der Waals surface area contributed by atoms with E-state index in [-0.39, 0.29) is 17.4 Å². The minimum atomic E-state index is -0.414. The van der Waals surface area contributed by atoms with Gasteiger partial charge in [0.15, 0.2) is 0 Å². The summed E-state index contributed by atoms with van der Waals surface area (Å²) in [4.78, 5) is 21.7. The quantitative estimate of drug-likeness (QED) is 0.428. The van der Waals surface area contributed by atoms with E-state index in [4.69, 9.17) is 4.74 Å². The lowest BCUT2D eigenvalue weighted by Crippen LogP contribution is -2.07. The summed E-state index contributed by atoms with van der Waals surface area (Å²) in [6.07, 6.45) is 0.965. The second-order valence-corrected chi connectivity index (χ2v) is 5.31. The van der Waals surface area contributed by atoms with Gasteiger partial charge >= 0.3 is 5.97 Å². The van der Waals surface area contributed by atoms with Crippen molar-refractivity contribution in [2.75, 3.05) is 24.2 Å². The summed E-state index contributed by atoms with van der Waals surface area (Å²) in [6, 6.07) is 4.75. The van der Waals surface area contributed by atoms with Gasteiger partial charge in [0.25, 0.3) is 5.69 Å². The van der Waals surface area contributed by atoms with E-state index in [1.165, 1.54) is 17.8 Å². The highest BCUT2D eigenvalue weighted by Gasteiger charge is 2.11. The summed E-state index contributed by atoms with van der Waals surface area (Å²) in [6.45, 7) is 4.97. The monoisotopic (exact) mass is 312 g/mol. The van der Waals surface area contributed by atoms with Crippen LogP contribution >= 0.6 is 11.8 Å². The van der Waals surface area contributed by atoms with Gasteiger partial charge in [-0.05, 0) is 25.0 Å². The van der Waals surface area contributed by atoms with Crippen molar-refractivity contribution < 1.29 is 14.5 Å². The highest BCUT2D eigenvalue weighted by Crippen LogP contribution is 2.26. The van der Waals surface area contributed by atoms with Crippen LogP contribution < -0.4 is 5.32 Å². The standard InChI is InChI=1S/C14H20N2O4S/c1-3-7-15-13-6-5-12(16(18)19)8-11(13)9-21-10-14(17)20-4-2/h5-6,8,15H,3-4,7,9-10H2,1-2H3. The highest BCUT2D eigenvalue weighted by atomic mass is 32.2. The second-order valence-electron chi connectivity index (χ2n) is 4.32. The van der Waals surface area contributed by atoms with Crippen molar-refractivity contribution in [3.63, 3.8) is 0 Å². The summed E-state index contributed by atoms with van der Waals surface area (Å²) < 4.78 is 4.85. The molecule has 0 aliphatic carbocycles. The summed E-state index contributed by atoms with van der Waals surface area (Å²) in [7, 11) is 0. The van der Waals surface area contributed by atoms with E-state index in [2.05, 4.69) is 5.32 Å². The molecule has 0 heterocycles. The Kier molecular flexibility index (Phi) is 7.60. The molecule has 0 bridgehead atoms. The molecule has 1 aromatic rings. The van der Waals surface area contributed by atoms with Crippen molar-refractivity contribution in [1.29, 1.82) is 0 Å². The molecule has 0 saturated carbocycles. The van der Waals surface area contributed by atoms with Gasteiger partial charge in [0, 0.05) is 30.1 Å². The van der Waals surface area contributed by atoms with Crippen LogP contribution in [0.5, 0.6) is 0 Å². The number of non-ortho nitro benzene ring substituents is 1. The molecule has 7 heteroatoms. The molecular formula is C14H20N2O4S. The maximum Gasteiger partial charge on any atom is 0.315 e. The van der Waals surface area contributed by atoms with Gasteiger partial charge < -0.3 is 10.1 Å². The lowest BCUT2D eigenvalue weighted by molar-refractivity contribution is -0.384. The number of nitrogens with zero attached hydrogens (tertiary/aromatic N) is 1. The number of ether oxygens (including phenoxy) is 1. The Hall–Kier alpha value is -1.76. The number of hydrogen-bond acceptors (Lipinski definition) is 6. The van der Waals surface area contributed by atoms with E-state index < -0.39 is 4.92 Å². The van der Waals surface area contributed by atoms with E-state index in [1.54, 1.807) is 19.1 Å². The fourth-order valence-electron chi connectivity index (χ4n) is 1.69. The molecular weight excluding hydrogens is 292 g/mol. The van der Waals surface area contributed by atoms with E-state index in [0.717, 1.165) is 24.2 Å². The third-order valence-corrected chi connectivity index (χ3v) is 3.60. The third-order valence-electron chi connectivity index (χ3n) is 2.65. The number of nitro benzene ring substituents is 1. The Morgan fingerprint density at radius 3 is 2.81 bits per heavy atom. The number of carbonyl (C=O) groups is 1. The van der Waals surface area contributed by atoms with Crippen molar-refractivity contribution >= 4 is 29.1 Å².